The van der Waals surface area contributed by atoms with Gasteiger partial charge >= 0.3 is 5.97 Å². The van der Waals surface area contributed by atoms with E-state index in [1.807, 2.05) is 20.8 Å². The molecule has 0 aliphatic rings. The second-order valence-electron chi connectivity index (χ2n) is 5.80. The number of esters is 1. The Kier molecular flexibility index (Phi) is 6.45. The van der Waals surface area contributed by atoms with Gasteiger partial charge in [0, 0.05) is 18.7 Å². The summed E-state index contributed by atoms with van der Waals surface area (Å²) in [5.74, 6) is -0.411. The van der Waals surface area contributed by atoms with Crippen molar-refractivity contribution in [2.24, 2.45) is 0 Å². The summed E-state index contributed by atoms with van der Waals surface area (Å²) in [4.78, 5) is 21.9. The van der Waals surface area contributed by atoms with Crippen LogP contribution in [0.5, 0.6) is 0 Å². The number of non-ortho nitro benzene ring substituents is 1. The number of nitro benzene ring substituents is 1. The molecule has 0 spiro atoms. The average molecular weight is 310 g/mol. The van der Waals surface area contributed by atoms with E-state index in [4.69, 9.17) is 9.47 Å². The molecule has 0 aliphatic heterocycles. The molecule has 0 heterocycles. The first kappa shape index (κ1) is 18.1. The van der Waals surface area contributed by atoms with Crippen LogP contribution in [0.1, 0.15) is 26.3 Å². The summed E-state index contributed by atoms with van der Waals surface area (Å²) in [6.45, 7) is 6.27. The number of carbonyl (C=O) groups is 1. The van der Waals surface area contributed by atoms with Crippen LogP contribution in [0.25, 0.3) is 0 Å². The lowest BCUT2D eigenvalue weighted by molar-refractivity contribution is -0.384. The number of rotatable bonds is 7. The number of carbonyl (C=O) groups excluding carboxylic acids is 1. The van der Waals surface area contributed by atoms with Gasteiger partial charge in [-0.3, -0.25) is 20.2 Å². The molecule has 0 fully saturated rings. The van der Waals surface area contributed by atoms with Crippen molar-refractivity contribution < 1.29 is 19.2 Å². The van der Waals surface area contributed by atoms with Crippen molar-refractivity contribution in [2.45, 2.75) is 39.0 Å². The summed E-state index contributed by atoms with van der Waals surface area (Å²) < 4.78 is 10.3. The molecule has 1 aromatic carbocycles. The number of nitrogens with zero attached hydrogens (tertiary/aromatic N) is 1. The van der Waals surface area contributed by atoms with Crippen molar-refractivity contribution in [3.63, 3.8) is 0 Å². The first-order chi connectivity index (χ1) is 10.2. The van der Waals surface area contributed by atoms with Crippen LogP contribution < -0.4 is 5.32 Å². The minimum Gasteiger partial charge on any atom is -0.468 e. The van der Waals surface area contributed by atoms with Gasteiger partial charge < -0.3 is 9.47 Å². The van der Waals surface area contributed by atoms with E-state index in [1.165, 1.54) is 19.2 Å². The van der Waals surface area contributed by atoms with Crippen LogP contribution in [0.3, 0.4) is 0 Å². The molecular formula is C15H22N2O5. The van der Waals surface area contributed by atoms with E-state index in [1.54, 1.807) is 12.1 Å². The Morgan fingerprint density at radius 2 is 1.91 bits per heavy atom. The normalized spacial score (nSPS) is 12.7. The van der Waals surface area contributed by atoms with Crippen LogP contribution in [-0.2, 0) is 20.8 Å². The van der Waals surface area contributed by atoms with Crippen molar-refractivity contribution in [1.82, 2.24) is 5.32 Å². The van der Waals surface area contributed by atoms with Gasteiger partial charge in [-0.25, -0.2) is 0 Å². The van der Waals surface area contributed by atoms with E-state index in [-0.39, 0.29) is 17.9 Å². The molecule has 0 aromatic heterocycles. The predicted octanol–water partition coefficient (Wildman–Crippen LogP) is 2.04. The van der Waals surface area contributed by atoms with Crippen LogP contribution in [0, 0.1) is 10.1 Å². The largest absolute Gasteiger partial charge is 0.468 e. The number of methoxy groups -OCH3 is 1. The van der Waals surface area contributed by atoms with Gasteiger partial charge in [0.15, 0.2) is 0 Å². The molecule has 7 heteroatoms. The van der Waals surface area contributed by atoms with Gasteiger partial charge in [0.2, 0.25) is 0 Å². The summed E-state index contributed by atoms with van der Waals surface area (Å²) in [5.41, 5.74) is 0.501. The van der Waals surface area contributed by atoms with Crippen LogP contribution in [0.2, 0.25) is 0 Å². The van der Waals surface area contributed by atoms with Crippen molar-refractivity contribution in [3.05, 3.63) is 39.9 Å². The molecule has 1 rings (SSSR count). The SMILES string of the molecule is COC(=O)[C@H](COC(C)(C)C)NCc1ccc([N+](=O)[O-])cc1. The van der Waals surface area contributed by atoms with Gasteiger partial charge in [0.1, 0.15) is 6.04 Å². The summed E-state index contributed by atoms with van der Waals surface area (Å²) in [7, 11) is 1.32. The average Bonchev–Trinajstić information content (AvgIpc) is 2.46. The molecule has 0 saturated carbocycles. The Hall–Kier alpha value is -1.99. The number of hydrogen-bond donors (Lipinski definition) is 1. The number of nitrogens with one attached hydrogen (secondary N) is 1. The third-order valence-corrected chi connectivity index (χ3v) is 2.87. The zero-order chi connectivity index (χ0) is 16.8. The fourth-order valence-electron chi connectivity index (χ4n) is 1.66. The van der Waals surface area contributed by atoms with Crippen LogP contribution in [-0.4, -0.2) is 36.3 Å². The highest BCUT2D eigenvalue weighted by atomic mass is 16.6. The highest BCUT2D eigenvalue weighted by Gasteiger charge is 2.22. The molecule has 0 saturated heterocycles. The minimum absolute atomic E-state index is 0.0318. The molecule has 0 radical (unpaired) electrons. The zero-order valence-corrected chi connectivity index (χ0v) is 13.3. The maximum Gasteiger partial charge on any atom is 0.325 e. The van der Waals surface area contributed by atoms with Gasteiger partial charge in [-0.1, -0.05) is 12.1 Å². The molecule has 0 bridgehead atoms. The molecule has 0 unspecified atom stereocenters. The van der Waals surface area contributed by atoms with Gasteiger partial charge in [-0.15, -0.1) is 0 Å². The Morgan fingerprint density at radius 1 is 1.32 bits per heavy atom. The molecular weight excluding hydrogens is 288 g/mol. The zero-order valence-electron chi connectivity index (χ0n) is 13.3. The maximum atomic E-state index is 11.7. The number of nitro groups is 1. The highest BCUT2D eigenvalue weighted by Crippen LogP contribution is 2.12. The Labute approximate surface area is 129 Å². The van der Waals surface area contributed by atoms with Gasteiger partial charge in [-0.2, -0.15) is 0 Å². The third-order valence-electron chi connectivity index (χ3n) is 2.87. The lowest BCUT2D eigenvalue weighted by Crippen LogP contribution is -2.42. The number of ether oxygens (including phenoxy) is 2. The van der Waals surface area contributed by atoms with E-state index in [0.29, 0.717) is 6.54 Å². The van der Waals surface area contributed by atoms with Crippen molar-refractivity contribution in [1.29, 1.82) is 0 Å². The molecule has 7 nitrogen and oxygen atoms in total. The Bertz CT molecular complexity index is 508. The van der Waals surface area contributed by atoms with Crippen LogP contribution in [0.4, 0.5) is 5.69 Å². The quantitative estimate of drug-likeness (QED) is 0.471. The summed E-state index contributed by atoms with van der Waals surface area (Å²) in [6.07, 6.45) is 0. The smallest absolute Gasteiger partial charge is 0.325 e. The van der Waals surface area contributed by atoms with E-state index in [9.17, 15) is 14.9 Å². The highest BCUT2D eigenvalue weighted by molar-refractivity contribution is 5.75. The molecule has 1 aromatic rings. The van der Waals surface area contributed by atoms with E-state index in [0.717, 1.165) is 5.56 Å². The monoisotopic (exact) mass is 310 g/mol. The van der Waals surface area contributed by atoms with E-state index >= 15 is 0 Å². The van der Waals surface area contributed by atoms with Gasteiger partial charge in [0.05, 0.1) is 24.2 Å². The first-order valence-corrected chi connectivity index (χ1v) is 6.91. The second-order valence-corrected chi connectivity index (χ2v) is 5.80. The van der Waals surface area contributed by atoms with Crippen molar-refractivity contribution in [3.8, 4) is 0 Å². The molecule has 1 N–H and O–H groups in total. The Morgan fingerprint density at radius 3 is 2.36 bits per heavy atom. The molecule has 1 atom stereocenters. The molecule has 22 heavy (non-hydrogen) atoms. The van der Waals surface area contributed by atoms with Crippen LogP contribution >= 0.6 is 0 Å². The summed E-state index contributed by atoms with van der Waals surface area (Å²) >= 11 is 0. The lowest BCUT2D eigenvalue weighted by atomic mass is 10.1. The molecule has 0 amide bonds. The standard InChI is InChI=1S/C15H22N2O5/c1-15(2,3)22-10-13(14(18)21-4)16-9-11-5-7-12(8-6-11)17(19)20/h5-8,13,16H,9-10H2,1-4H3/t13-/m0/s1. The summed E-state index contributed by atoms with van der Waals surface area (Å²) in [5, 5.41) is 13.6. The number of benzene rings is 1. The van der Waals surface area contributed by atoms with Crippen molar-refractivity contribution >= 4 is 11.7 Å². The maximum absolute atomic E-state index is 11.7. The minimum atomic E-state index is -0.598. The fourth-order valence-corrected chi connectivity index (χ4v) is 1.66. The third kappa shape index (κ3) is 6.19. The molecule has 122 valence electrons. The Balaban J connectivity index is 2.62. The van der Waals surface area contributed by atoms with Crippen LogP contribution in [0.15, 0.2) is 24.3 Å². The predicted molar refractivity (Wildman–Crippen MR) is 81.4 cm³/mol. The topological polar surface area (TPSA) is 90.7 Å². The summed E-state index contributed by atoms with van der Waals surface area (Å²) in [6, 6.07) is 5.54. The van der Waals surface area contributed by atoms with Crippen molar-refractivity contribution in [2.75, 3.05) is 13.7 Å². The van der Waals surface area contributed by atoms with E-state index < -0.39 is 16.9 Å². The van der Waals surface area contributed by atoms with Gasteiger partial charge in [-0.05, 0) is 26.3 Å². The number of hydrogen-bond acceptors (Lipinski definition) is 6. The van der Waals surface area contributed by atoms with Gasteiger partial charge in [0.25, 0.3) is 5.69 Å². The molecule has 0 aliphatic carbocycles. The second kappa shape index (κ2) is 7.86. The lowest BCUT2D eigenvalue weighted by Gasteiger charge is -2.24. The fraction of sp³-hybridized carbons (Fsp3) is 0.533. The first-order valence-electron chi connectivity index (χ1n) is 6.91. The van der Waals surface area contributed by atoms with E-state index in [2.05, 4.69) is 5.32 Å².